The molecule has 0 aromatic carbocycles. The van der Waals surface area contributed by atoms with Crippen LogP contribution in [0.1, 0.15) is 13.8 Å². The monoisotopic (exact) mass is 855 g/mol. The van der Waals surface area contributed by atoms with Crippen molar-refractivity contribution in [2.45, 2.75) is 161 Å². The van der Waals surface area contributed by atoms with Crippen molar-refractivity contribution in [1.82, 2.24) is 5.32 Å². The van der Waals surface area contributed by atoms with E-state index in [2.05, 4.69) is 5.32 Å². The Balaban J connectivity index is 1.74. The van der Waals surface area contributed by atoms with Crippen LogP contribution in [0.4, 0.5) is 0 Å². The second-order valence-electron chi connectivity index (χ2n) is 14.4. The Morgan fingerprint density at radius 1 is 0.552 bits per heavy atom. The molecule has 0 spiro atoms. The summed E-state index contributed by atoms with van der Waals surface area (Å²) in [6, 6.07) is -1.76. The highest BCUT2D eigenvalue weighted by molar-refractivity contribution is 5.73. The molecule has 0 aromatic heterocycles. The van der Waals surface area contributed by atoms with Gasteiger partial charge in [0.05, 0.1) is 39.1 Å². The zero-order valence-electron chi connectivity index (χ0n) is 31.2. The molecule has 0 aliphatic carbocycles. The Morgan fingerprint density at radius 2 is 1.03 bits per heavy atom. The number of hydrogen-bond donors (Lipinski definition) is 17. The minimum Gasteiger partial charge on any atom is -0.394 e. The lowest BCUT2D eigenvalue weighted by atomic mass is 9.93. The average Bonchev–Trinajstić information content (AvgIpc) is 3.20. The standard InChI is InChI=1S/C32H57NO25/c1-8-16(42)20(46)22(48)30(51-8)57-27-15(33-9(2)39)29(54-14(7-38)26(27)56-31-23(49)21(47)18(44)12(5-36)52-31)58-28-19(45)13(6-37)53-32(24(28)50)55-25(11(41)4-35)17(43)10(40)3-34/h8,10-32,34-38,40-50H,3-7H2,1-2H3,(H,33,39)/t8-,10+,11-,12+,13+,14+,15+,16+,17+,18-,19-,20+,21-,22-,23+,24+,25+,26+,27+,28-,29-,30-,31-,32-/m0/s1. The Labute approximate surface area is 329 Å². The van der Waals surface area contributed by atoms with Gasteiger partial charge < -0.3 is 125 Å². The molecule has 4 fully saturated rings. The molecule has 0 unspecified atom stereocenters. The summed E-state index contributed by atoms with van der Waals surface area (Å²) in [6.07, 6.45) is -43.1. The second kappa shape index (κ2) is 21.5. The fourth-order valence-corrected chi connectivity index (χ4v) is 6.96. The molecule has 0 saturated carbocycles. The number of ether oxygens (including phenoxy) is 8. The predicted octanol–water partition coefficient (Wildman–Crippen LogP) is -11.1. The number of carbonyl (C=O) groups excluding carboxylic acids is 1. The van der Waals surface area contributed by atoms with Crippen LogP contribution in [-0.4, -0.2) is 268 Å². The van der Waals surface area contributed by atoms with Crippen LogP contribution in [0, 0.1) is 0 Å². The third-order valence-corrected chi connectivity index (χ3v) is 10.3. The Bertz CT molecular complexity index is 1260. The molecule has 0 aromatic rings. The van der Waals surface area contributed by atoms with E-state index in [0.29, 0.717) is 0 Å². The lowest BCUT2D eigenvalue weighted by Crippen LogP contribution is -2.71. The molecule has 1 amide bonds. The number of aliphatic hydroxyl groups excluding tert-OH is 16. The third-order valence-electron chi connectivity index (χ3n) is 10.3. The highest BCUT2D eigenvalue weighted by Crippen LogP contribution is 2.36. The minimum absolute atomic E-state index is 0.849. The molecule has 4 aliphatic rings. The normalized spacial score (nSPS) is 45.9. The summed E-state index contributed by atoms with van der Waals surface area (Å²) in [4.78, 5) is 12.7. The first-order valence-corrected chi connectivity index (χ1v) is 18.4. The van der Waals surface area contributed by atoms with Crippen molar-refractivity contribution in [3.05, 3.63) is 0 Å². The summed E-state index contributed by atoms with van der Waals surface area (Å²) in [5.74, 6) is -0.849. The highest BCUT2D eigenvalue weighted by Gasteiger charge is 2.57. The molecule has 24 atom stereocenters. The summed E-state index contributed by atoms with van der Waals surface area (Å²) < 4.78 is 45.9. The quantitative estimate of drug-likeness (QED) is 0.0646. The van der Waals surface area contributed by atoms with Gasteiger partial charge in [-0.05, 0) is 6.92 Å². The van der Waals surface area contributed by atoms with E-state index in [-0.39, 0.29) is 0 Å². The van der Waals surface area contributed by atoms with Gasteiger partial charge in [-0.3, -0.25) is 4.79 Å². The van der Waals surface area contributed by atoms with Crippen molar-refractivity contribution >= 4 is 5.91 Å². The van der Waals surface area contributed by atoms with E-state index in [1.54, 1.807) is 0 Å². The first kappa shape index (κ1) is 49.2. The molecule has 26 heteroatoms. The molecule has 26 nitrogen and oxygen atoms in total. The minimum atomic E-state index is -2.19. The Morgan fingerprint density at radius 3 is 1.59 bits per heavy atom. The fourth-order valence-electron chi connectivity index (χ4n) is 6.96. The topological polar surface area (TPSA) is 427 Å². The van der Waals surface area contributed by atoms with Gasteiger partial charge in [-0.1, -0.05) is 0 Å². The van der Waals surface area contributed by atoms with Gasteiger partial charge >= 0.3 is 0 Å². The van der Waals surface area contributed by atoms with Crippen LogP contribution < -0.4 is 5.32 Å². The lowest BCUT2D eigenvalue weighted by Gasteiger charge is -2.51. The fraction of sp³-hybridized carbons (Fsp3) is 0.969. The number of amides is 1. The molecule has 0 radical (unpaired) electrons. The third kappa shape index (κ3) is 10.7. The summed E-state index contributed by atoms with van der Waals surface area (Å²) in [5, 5.41) is 168. The van der Waals surface area contributed by atoms with Crippen LogP contribution in [0.15, 0.2) is 0 Å². The summed E-state index contributed by atoms with van der Waals surface area (Å²) in [5.41, 5.74) is 0. The largest absolute Gasteiger partial charge is 0.394 e. The molecule has 58 heavy (non-hydrogen) atoms. The van der Waals surface area contributed by atoms with Crippen LogP contribution in [0.3, 0.4) is 0 Å². The maximum atomic E-state index is 12.7. The Kier molecular flexibility index (Phi) is 18.3. The van der Waals surface area contributed by atoms with Gasteiger partial charge in [0.15, 0.2) is 25.2 Å². The number of rotatable bonds is 17. The van der Waals surface area contributed by atoms with Crippen LogP contribution in [0.2, 0.25) is 0 Å². The van der Waals surface area contributed by atoms with Crippen molar-refractivity contribution in [3.63, 3.8) is 0 Å². The van der Waals surface area contributed by atoms with Gasteiger partial charge in [0.1, 0.15) is 116 Å². The smallest absolute Gasteiger partial charge is 0.217 e. The van der Waals surface area contributed by atoms with Crippen LogP contribution >= 0.6 is 0 Å². The number of hydrogen-bond acceptors (Lipinski definition) is 25. The maximum absolute atomic E-state index is 12.7. The lowest BCUT2D eigenvalue weighted by molar-refractivity contribution is -0.388. The molecule has 4 rings (SSSR count). The molecular weight excluding hydrogens is 798 g/mol. The van der Waals surface area contributed by atoms with Crippen molar-refractivity contribution in [2.24, 2.45) is 0 Å². The van der Waals surface area contributed by atoms with Crippen molar-refractivity contribution < 1.29 is 124 Å². The SMILES string of the molecule is CC(=O)N[C@H]1[C@H](O[C@H]2[C@@H](O)[C@@H](CO)O[C@@H](O[C@@H]([C@H](O)[C@H](O)CO)[C@@H](O)CO)[C@@H]2O)O[C@H](CO)[C@@H](O[C@@H]2O[C@H](CO)[C@H](O)[C@H](O)[C@H]2O)[C@@H]1O[C@@H]1O[C@@H](C)[C@@H](O)[C@@H](O)[C@@H]1O. The van der Waals surface area contributed by atoms with E-state index >= 15 is 0 Å². The van der Waals surface area contributed by atoms with Crippen molar-refractivity contribution in [2.75, 3.05) is 33.0 Å². The molecule has 0 bridgehead atoms. The van der Waals surface area contributed by atoms with Crippen LogP contribution in [0.5, 0.6) is 0 Å². The first-order chi connectivity index (χ1) is 27.3. The van der Waals surface area contributed by atoms with E-state index in [1.165, 1.54) is 6.92 Å². The Hall–Kier alpha value is -1.49. The van der Waals surface area contributed by atoms with Gasteiger partial charge in [0.2, 0.25) is 5.91 Å². The number of carbonyl (C=O) groups is 1. The predicted molar refractivity (Wildman–Crippen MR) is 179 cm³/mol. The van der Waals surface area contributed by atoms with E-state index < -0.39 is 186 Å². The van der Waals surface area contributed by atoms with Crippen molar-refractivity contribution in [1.29, 1.82) is 0 Å². The van der Waals surface area contributed by atoms with Gasteiger partial charge in [0.25, 0.3) is 0 Å². The zero-order chi connectivity index (χ0) is 43.3. The summed E-state index contributed by atoms with van der Waals surface area (Å²) >= 11 is 0. The summed E-state index contributed by atoms with van der Waals surface area (Å²) in [6.45, 7) is -2.70. The van der Waals surface area contributed by atoms with Gasteiger partial charge in [0, 0.05) is 6.92 Å². The second-order valence-corrected chi connectivity index (χ2v) is 14.4. The first-order valence-electron chi connectivity index (χ1n) is 18.4. The number of nitrogens with one attached hydrogen (secondary N) is 1. The van der Waals surface area contributed by atoms with E-state index in [9.17, 15) is 86.5 Å². The summed E-state index contributed by atoms with van der Waals surface area (Å²) in [7, 11) is 0. The molecule has 4 aliphatic heterocycles. The maximum Gasteiger partial charge on any atom is 0.217 e. The van der Waals surface area contributed by atoms with Crippen molar-refractivity contribution in [3.8, 4) is 0 Å². The molecular formula is C32H57NO25. The molecule has 340 valence electrons. The van der Waals surface area contributed by atoms with Crippen LogP contribution in [0.25, 0.3) is 0 Å². The van der Waals surface area contributed by atoms with Crippen LogP contribution in [-0.2, 0) is 42.7 Å². The van der Waals surface area contributed by atoms with Gasteiger partial charge in [-0.15, -0.1) is 0 Å². The van der Waals surface area contributed by atoms with Gasteiger partial charge in [-0.25, -0.2) is 0 Å². The van der Waals surface area contributed by atoms with Gasteiger partial charge in [-0.2, -0.15) is 0 Å². The average molecular weight is 856 g/mol. The number of aliphatic hydroxyl groups is 16. The van der Waals surface area contributed by atoms with E-state index in [0.717, 1.165) is 6.92 Å². The molecule has 17 N–H and O–H groups in total. The highest BCUT2D eigenvalue weighted by atomic mass is 16.8. The van der Waals surface area contributed by atoms with E-state index in [1.807, 2.05) is 0 Å². The molecule has 4 heterocycles. The zero-order valence-corrected chi connectivity index (χ0v) is 31.2. The van der Waals surface area contributed by atoms with E-state index in [4.69, 9.17) is 37.9 Å². The molecule has 4 saturated heterocycles.